The van der Waals surface area contributed by atoms with Crippen LogP contribution in [0, 0.1) is 5.92 Å². The van der Waals surface area contributed by atoms with Gasteiger partial charge in [-0.3, -0.25) is 4.79 Å². The summed E-state index contributed by atoms with van der Waals surface area (Å²) < 4.78 is 10.6. The highest BCUT2D eigenvalue weighted by Crippen LogP contribution is 2.38. The number of hydrogen-bond donors (Lipinski definition) is 0. The van der Waals surface area contributed by atoms with Crippen LogP contribution in [0.25, 0.3) is 0 Å². The Hall–Kier alpha value is -1.16. The lowest BCUT2D eigenvalue weighted by atomic mass is 9.95. The molecule has 0 bridgehead atoms. The van der Waals surface area contributed by atoms with E-state index in [2.05, 4.69) is 0 Å². The number of carbonyl (C=O) groups is 1. The zero-order chi connectivity index (χ0) is 12.4. The molecule has 3 nitrogen and oxygen atoms in total. The van der Waals surface area contributed by atoms with Crippen LogP contribution in [0.4, 0.5) is 0 Å². The SMILES string of the molecule is COc1ccc(OC)c2c1CSCC(C)C2=O. The topological polar surface area (TPSA) is 35.5 Å². The average Bonchev–Trinajstić information content (AvgIpc) is 2.50. The van der Waals surface area contributed by atoms with Crippen LogP contribution >= 0.6 is 11.8 Å². The molecule has 0 fully saturated rings. The van der Waals surface area contributed by atoms with Crippen LogP contribution in [-0.4, -0.2) is 25.8 Å². The van der Waals surface area contributed by atoms with E-state index >= 15 is 0 Å². The van der Waals surface area contributed by atoms with E-state index in [0.717, 1.165) is 22.8 Å². The summed E-state index contributed by atoms with van der Waals surface area (Å²) in [5.74, 6) is 3.25. The highest BCUT2D eigenvalue weighted by atomic mass is 32.2. The predicted molar refractivity (Wildman–Crippen MR) is 69.2 cm³/mol. The molecule has 1 aromatic rings. The second-order valence-electron chi connectivity index (χ2n) is 4.10. The van der Waals surface area contributed by atoms with E-state index in [-0.39, 0.29) is 11.7 Å². The van der Waals surface area contributed by atoms with Gasteiger partial charge in [0.25, 0.3) is 0 Å². The van der Waals surface area contributed by atoms with Crippen molar-refractivity contribution in [2.75, 3.05) is 20.0 Å². The molecule has 0 radical (unpaired) electrons. The summed E-state index contributed by atoms with van der Waals surface area (Å²) in [5.41, 5.74) is 1.66. The molecule has 1 atom stereocenters. The van der Waals surface area contributed by atoms with Crippen molar-refractivity contribution in [3.8, 4) is 11.5 Å². The first-order valence-corrected chi connectivity index (χ1v) is 6.70. The van der Waals surface area contributed by atoms with Crippen molar-refractivity contribution < 1.29 is 14.3 Å². The van der Waals surface area contributed by atoms with Crippen LogP contribution in [-0.2, 0) is 5.75 Å². The van der Waals surface area contributed by atoms with Gasteiger partial charge in [0.2, 0.25) is 0 Å². The Kier molecular flexibility index (Phi) is 3.62. The summed E-state index contributed by atoms with van der Waals surface area (Å²) >= 11 is 1.76. The van der Waals surface area contributed by atoms with Crippen molar-refractivity contribution in [1.29, 1.82) is 0 Å². The summed E-state index contributed by atoms with van der Waals surface area (Å²) in [6.45, 7) is 1.96. The van der Waals surface area contributed by atoms with Crippen molar-refractivity contribution in [2.24, 2.45) is 5.92 Å². The van der Waals surface area contributed by atoms with Gasteiger partial charge in [0.1, 0.15) is 11.5 Å². The van der Waals surface area contributed by atoms with Gasteiger partial charge < -0.3 is 9.47 Å². The van der Waals surface area contributed by atoms with Crippen LogP contribution in [0.15, 0.2) is 12.1 Å². The molecule has 92 valence electrons. The molecule has 1 heterocycles. The van der Waals surface area contributed by atoms with Gasteiger partial charge in [-0.15, -0.1) is 0 Å². The molecule has 1 aliphatic rings. The molecule has 2 rings (SSSR count). The minimum Gasteiger partial charge on any atom is -0.496 e. The molecule has 0 saturated heterocycles. The predicted octanol–water partition coefficient (Wildman–Crippen LogP) is 2.77. The molecule has 1 aliphatic heterocycles. The Morgan fingerprint density at radius 3 is 2.53 bits per heavy atom. The molecule has 1 unspecified atom stereocenters. The second-order valence-corrected chi connectivity index (χ2v) is 5.13. The largest absolute Gasteiger partial charge is 0.496 e. The van der Waals surface area contributed by atoms with E-state index in [1.807, 2.05) is 13.0 Å². The number of ketones is 1. The fraction of sp³-hybridized carbons (Fsp3) is 0.462. The zero-order valence-electron chi connectivity index (χ0n) is 10.3. The van der Waals surface area contributed by atoms with Crippen molar-refractivity contribution in [1.82, 2.24) is 0 Å². The Labute approximate surface area is 105 Å². The fourth-order valence-corrected chi connectivity index (χ4v) is 3.16. The van der Waals surface area contributed by atoms with E-state index in [1.54, 1.807) is 32.0 Å². The second kappa shape index (κ2) is 5.00. The van der Waals surface area contributed by atoms with Crippen molar-refractivity contribution in [3.05, 3.63) is 23.3 Å². The number of carbonyl (C=O) groups excluding carboxylic acids is 1. The van der Waals surface area contributed by atoms with Gasteiger partial charge in [-0.05, 0) is 12.1 Å². The molecule has 0 saturated carbocycles. The number of thioether (sulfide) groups is 1. The summed E-state index contributed by atoms with van der Waals surface area (Å²) in [6.07, 6.45) is 0. The fourth-order valence-electron chi connectivity index (χ4n) is 2.04. The molecule has 0 N–H and O–H groups in total. The molecule has 4 heteroatoms. The smallest absolute Gasteiger partial charge is 0.170 e. The summed E-state index contributed by atoms with van der Waals surface area (Å²) in [6, 6.07) is 3.67. The average molecular weight is 252 g/mol. The van der Waals surface area contributed by atoms with Gasteiger partial charge in [0, 0.05) is 23.0 Å². The Morgan fingerprint density at radius 1 is 1.24 bits per heavy atom. The van der Waals surface area contributed by atoms with Crippen LogP contribution in [0.2, 0.25) is 0 Å². The normalized spacial score (nSPS) is 19.5. The monoisotopic (exact) mass is 252 g/mol. The Bertz CT molecular complexity index is 443. The minimum absolute atomic E-state index is 0.0299. The summed E-state index contributed by atoms with van der Waals surface area (Å²) in [4.78, 5) is 12.3. The van der Waals surface area contributed by atoms with Crippen LogP contribution in [0.5, 0.6) is 11.5 Å². The lowest BCUT2D eigenvalue weighted by Crippen LogP contribution is -2.14. The van der Waals surface area contributed by atoms with Crippen molar-refractivity contribution in [3.63, 3.8) is 0 Å². The maximum atomic E-state index is 12.3. The van der Waals surface area contributed by atoms with Gasteiger partial charge in [-0.1, -0.05) is 6.92 Å². The van der Waals surface area contributed by atoms with Crippen LogP contribution in [0.3, 0.4) is 0 Å². The molecule has 0 aromatic heterocycles. The standard InChI is InChI=1S/C13H16O3S/c1-8-6-17-7-9-10(15-2)4-5-11(16-3)12(9)13(8)14/h4-5,8H,6-7H2,1-3H3. The molecule has 0 amide bonds. The van der Waals surface area contributed by atoms with Crippen LogP contribution in [0.1, 0.15) is 22.8 Å². The highest BCUT2D eigenvalue weighted by molar-refractivity contribution is 7.98. The molecule has 0 aliphatic carbocycles. The van der Waals surface area contributed by atoms with Crippen molar-refractivity contribution >= 4 is 17.5 Å². The number of hydrogen-bond acceptors (Lipinski definition) is 4. The maximum Gasteiger partial charge on any atom is 0.170 e. The first-order valence-electron chi connectivity index (χ1n) is 5.54. The van der Waals surface area contributed by atoms with E-state index in [9.17, 15) is 4.79 Å². The number of Topliss-reactive ketones (excluding diaryl/α,β-unsaturated/α-hetero) is 1. The first kappa shape index (κ1) is 12.3. The summed E-state index contributed by atoms with van der Waals surface area (Å²) in [5, 5.41) is 0. The van der Waals surface area contributed by atoms with E-state index < -0.39 is 0 Å². The molecule has 17 heavy (non-hydrogen) atoms. The van der Waals surface area contributed by atoms with E-state index in [4.69, 9.17) is 9.47 Å². The van der Waals surface area contributed by atoms with Crippen LogP contribution < -0.4 is 9.47 Å². The minimum atomic E-state index is 0.0299. The lowest BCUT2D eigenvalue weighted by Gasteiger charge is -2.14. The first-order chi connectivity index (χ1) is 8.19. The van der Waals surface area contributed by atoms with Gasteiger partial charge in [0.05, 0.1) is 19.8 Å². The molecular weight excluding hydrogens is 236 g/mol. The van der Waals surface area contributed by atoms with Gasteiger partial charge >= 0.3 is 0 Å². The quantitative estimate of drug-likeness (QED) is 0.810. The van der Waals surface area contributed by atoms with Gasteiger partial charge in [0.15, 0.2) is 5.78 Å². The number of rotatable bonds is 2. The Balaban J connectivity index is 2.62. The van der Waals surface area contributed by atoms with Gasteiger partial charge in [-0.25, -0.2) is 0 Å². The summed E-state index contributed by atoms with van der Waals surface area (Å²) in [7, 11) is 3.23. The third kappa shape index (κ3) is 2.14. The van der Waals surface area contributed by atoms with E-state index in [0.29, 0.717) is 11.3 Å². The Morgan fingerprint density at radius 2 is 1.88 bits per heavy atom. The number of fused-ring (bicyclic) bond motifs is 1. The lowest BCUT2D eigenvalue weighted by molar-refractivity contribution is 0.0938. The highest BCUT2D eigenvalue weighted by Gasteiger charge is 2.27. The maximum absolute atomic E-state index is 12.3. The zero-order valence-corrected chi connectivity index (χ0v) is 11.1. The molecule has 0 spiro atoms. The third-order valence-electron chi connectivity index (χ3n) is 2.98. The molecule has 1 aromatic carbocycles. The third-order valence-corrected chi connectivity index (χ3v) is 4.21. The van der Waals surface area contributed by atoms with Gasteiger partial charge in [-0.2, -0.15) is 11.8 Å². The van der Waals surface area contributed by atoms with E-state index in [1.165, 1.54) is 0 Å². The number of methoxy groups -OCH3 is 2. The molecular formula is C13H16O3S. The number of benzene rings is 1. The number of ether oxygens (including phenoxy) is 2. The van der Waals surface area contributed by atoms with Crippen molar-refractivity contribution in [2.45, 2.75) is 12.7 Å².